The lowest BCUT2D eigenvalue weighted by Crippen LogP contribution is -2.29. The van der Waals surface area contributed by atoms with E-state index in [0.29, 0.717) is 16.7 Å². The van der Waals surface area contributed by atoms with Gasteiger partial charge in [0, 0.05) is 30.2 Å². The number of ether oxygens (including phenoxy) is 2. The van der Waals surface area contributed by atoms with Gasteiger partial charge in [-0.2, -0.15) is 4.98 Å². The van der Waals surface area contributed by atoms with Crippen molar-refractivity contribution in [1.29, 1.82) is 0 Å². The lowest BCUT2D eigenvalue weighted by atomic mass is 9.99. The van der Waals surface area contributed by atoms with Crippen LogP contribution in [0.2, 0.25) is 0 Å². The molecule has 3 heterocycles. The maximum absolute atomic E-state index is 12.8. The van der Waals surface area contributed by atoms with E-state index in [-0.39, 0.29) is 24.4 Å². The van der Waals surface area contributed by atoms with Crippen LogP contribution in [0.3, 0.4) is 0 Å². The third kappa shape index (κ3) is 6.80. The number of hydrogen-bond donors (Lipinski definition) is 4. The standard InChI is InChI=1S/C27H30N3O10P/c28-24-10-11-30(27(34)29-24)25-12-19(32)23(39-25)15-37-41(35,36)40-21-13-20(38-22(21)14-31)16-6-8-18(9-7-16)26(33)17-4-2-1-3-5-17/h1-11,19-23,25,31-32H,12-15H2,(H,35,36)(H2,28,29,34)/t19-,20-,21-,22+,23+,25+/m0/s1. The molecule has 5 rings (SSSR count). The van der Waals surface area contributed by atoms with Crippen LogP contribution in [0.4, 0.5) is 5.82 Å². The number of ketones is 1. The first-order chi connectivity index (χ1) is 19.6. The van der Waals surface area contributed by atoms with Crippen molar-refractivity contribution < 1.29 is 43.0 Å². The summed E-state index contributed by atoms with van der Waals surface area (Å²) < 4.78 is 35.9. The number of carbonyl (C=O) groups excluding carboxylic acids is 1. The van der Waals surface area contributed by atoms with Gasteiger partial charge in [-0.3, -0.25) is 18.4 Å². The van der Waals surface area contributed by atoms with Gasteiger partial charge in [-0.1, -0.05) is 54.6 Å². The largest absolute Gasteiger partial charge is 0.472 e. The number of hydrogen-bond acceptors (Lipinski definition) is 11. The Labute approximate surface area is 234 Å². The molecule has 14 heteroatoms. The van der Waals surface area contributed by atoms with E-state index >= 15 is 0 Å². The van der Waals surface area contributed by atoms with Crippen LogP contribution in [-0.4, -0.2) is 68.1 Å². The van der Waals surface area contributed by atoms with E-state index in [4.69, 9.17) is 24.3 Å². The molecule has 5 N–H and O–H groups in total. The van der Waals surface area contributed by atoms with Crippen molar-refractivity contribution in [3.05, 3.63) is 94.0 Å². The number of nitrogens with zero attached hydrogens (tertiary/aromatic N) is 2. The Balaban J connectivity index is 1.17. The zero-order chi connectivity index (χ0) is 29.1. The number of aliphatic hydroxyl groups excluding tert-OH is 2. The molecule has 218 valence electrons. The summed E-state index contributed by atoms with van der Waals surface area (Å²) >= 11 is 0. The molecule has 0 bridgehead atoms. The molecule has 0 spiro atoms. The number of nitrogens with two attached hydrogens (primary N) is 1. The molecule has 0 radical (unpaired) electrons. The number of aromatic nitrogens is 2. The minimum absolute atomic E-state index is 0.0244. The first kappa shape index (κ1) is 29.2. The van der Waals surface area contributed by atoms with Crippen LogP contribution in [-0.2, 0) is 23.1 Å². The van der Waals surface area contributed by atoms with E-state index in [9.17, 15) is 29.3 Å². The van der Waals surface area contributed by atoms with Crippen LogP contribution in [0.25, 0.3) is 0 Å². The second-order valence-corrected chi connectivity index (χ2v) is 11.2. The van der Waals surface area contributed by atoms with Crippen molar-refractivity contribution in [3.8, 4) is 0 Å². The molecule has 2 saturated heterocycles. The second kappa shape index (κ2) is 12.3. The van der Waals surface area contributed by atoms with E-state index in [0.717, 1.165) is 4.57 Å². The number of carbonyl (C=O) groups is 1. The van der Waals surface area contributed by atoms with Crippen molar-refractivity contribution in [2.24, 2.45) is 0 Å². The van der Waals surface area contributed by atoms with E-state index < -0.39 is 63.5 Å². The van der Waals surface area contributed by atoms with Crippen molar-refractivity contribution in [2.75, 3.05) is 18.9 Å². The molecule has 0 saturated carbocycles. The molecule has 3 aromatic rings. The molecule has 2 aliphatic heterocycles. The average Bonchev–Trinajstić information content (AvgIpc) is 3.54. The average molecular weight is 588 g/mol. The van der Waals surface area contributed by atoms with Crippen molar-refractivity contribution in [1.82, 2.24) is 9.55 Å². The molecule has 13 nitrogen and oxygen atoms in total. The van der Waals surface area contributed by atoms with Gasteiger partial charge in [-0.25, -0.2) is 9.36 Å². The predicted octanol–water partition coefficient (Wildman–Crippen LogP) is 1.73. The highest BCUT2D eigenvalue weighted by molar-refractivity contribution is 7.47. The van der Waals surface area contributed by atoms with Crippen molar-refractivity contribution in [3.63, 3.8) is 0 Å². The normalized spacial score (nSPS) is 27.5. The monoisotopic (exact) mass is 587 g/mol. The summed E-state index contributed by atoms with van der Waals surface area (Å²) in [4.78, 5) is 38.7. The van der Waals surface area contributed by atoms with E-state index in [1.165, 1.54) is 12.3 Å². The first-order valence-electron chi connectivity index (χ1n) is 12.9. The fourth-order valence-corrected chi connectivity index (χ4v) is 5.82. The fraction of sp³-hybridized carbons (Fsp3) is 0.370. The highest BCUT2D eigenvalue weighted by Gasteiger charge is 2.42. The third-order valence-corrected chi connectivity index (χ3v) is 8.01. The van der Waals surface area contributed by atoms with Crippen LogP contribution >= 0.6 is 7.82 Å². The zero-order valence-corrected chi connectivity index (χ0v) is 22.7. The molecule has 41 heavy (non-hydrogen) atoms. The minimum Gasteiger partial charge on any atom is -0.394 e. The molecule has 7 atom stereocenters. The highest BCUT2D eigenvalue weighted by atomic mass is 31.2. The number of phosphoric acid groups is 1. The lowest BCUT2D eigenvalue weighted by Gasteiger charge is -2.22. The van der Waals surface area contributed by atoms with E-state index in [2.05, 4.69) is 4.98 Å². The van der Waals surface area contributed by atoms with Gasteiger partial charge in [-0.05, 0) is 11.6 Å². The minimum atomic E-state index is -4.68. The molecular formula is C27H30N3O10P. The molecule has 2 aromatic carbocycles. The molecule has 0 amide bonds. The Morgan fingerprint density at radius 2 is 1.76 bits per heavy atom. The number of benzene rings is 2. The Bertz CT molecular complexity index is 1470. The summed E-state index contributed by atoms with van der Waals surface area (Å²) in [5.41, 5.74) is 6.59. The summed E-state index contributed by atoms with van der Waals surface area (Å²) in [5, 5.41) is 20.2. The Morgan fingerprint density at radius 1 is 1.05 bits per heavy atom. The zero-order valence-electron chi connectivity index (χ0n) is 21.8. The molecule has 2 aliphatic rings. The van der Waals surface area contributed by atoms with Crippen molar-refractivity contribution in [2.45, 2.75) is 49.6 Å². The summed E-state index contributed by atoms with van der Waals surface area (Å²) in [5.74, 6) is -0.0882. The maximum Gasteiger partial charge on any atom is 0.472 e. The van der Waals surface area contributed by atoms with Crippen LogP contribution in [0.5, 0.6) is 0 Å². The van der Waals surface area contributed by atoms with Gasteiger partial charge in [0.25, 0.3) is 0 Å². The first-order valence-corrected chi connectivity index (χ1v) is 14.4. The molecule has 1 aromatic heterocycles. The summed E-state index contributed by atoms with van der Waals surface area (Å²) in [6, 6.07) is 17.1. The maximum atomic E-state index is 12.8. The number of rotatable bonds is 10. The quantitative estimate of drug-likeness (QED) is 0.199. The highest BCUT2D eigenvalue weighted by Crippen LogP contribution is 2.49. The van der Waals surface area contributed by atoms with Crippen LogP contribution in [0, 0.1) is 0 Å². The van der Waals surface area contributed by atoms with Gasteiger partial charge in [0.2, 0.25) is 0 Å². The summed E-state index contributed by atoms with van der Waals surface area (Å²) in [7, 11) is -4.68. The van der Waals surface area contributed by atoms with Gasteiger partial charge in [0.15, 0.2) is 5.78 Å². The lowest BCUT2D eigenvalue weighted by molar-refractivity contribution is -0.0528. The second-order valence-electron chi connectivity index (χ2n) is 9.78. The van der Waals surface area contributed by atoms with Gasteiger partial charge in [-0.15, -0.1) is 0 Å². The predicted molar refractivity (Wildman–Crippen MR) is 144 cm³/mol. The molecule has 0 aliphatic carbocycles. The summed E-state index contributed by atoms with van der Waals surface area (Å²) in [6.07, 6.45) is -3.88. The van der Waals surface area contributed by atoms with Crippen LogP contribution in [0.1, 0.15) is 46.7 Å². The Morgan fingerprint density at radius 3 is 2.44 bits per heavy atom. The van der Waals surface area contributed by atoms with Crippen LogP contribution in [0.15, 0.2) is 71.7 Å². The topological polar surface area (TPSA) is 193 Å². The van der Waals surface area contributed by atoms with Gasteiger partial charge < -0.3 is 30.3 Å². The molecule has 2 fully saturated rings. The number of anilines is 1. The van der Waals surface area contributed by atoms with Gasteiger partial charge in [0.1, 0.15) is 30.4 Å². The SMILES string of the molecule is Nc1ccn([C@H]2C[C@H](O)[C@@H](COP(=O)(O)O[C@H]3C[C@@H](c4ccc(C(=O)c5ccccc5)cc4)O[C@@H]3CO)O2)c(=O)n1. The number of phosphoric ester groups is 1. The summed E-state index contributed by atoms with van der Waals surface area (Å²) in [6.45, 7) is -0.970. The third-order valence-electron chi connectivity index (χ3n) is 7.00. The van der Waals surface area contributed by atoms with Gasteiger partial charge in [0.05, 0.1) is 25.4 Å². The van der Waals surface area contributed by atoms with E-state index in [1.54, 1.807) is 48.5 Å². The smallest absolute Gasteiger partial charge is 0.394 e. The van der Waals surface area contributed by atoms with Crippen LogP contribution < -0.4 is 11.4 Å². The number of nitrogen functional groups attached to an aromatic ring is 1. The van der Waals surface area contributed by atoms with Gasteiger partial charge >= 0.3 is 13.5 Å². The van der Waals surface area contributed by atoms with E-state index in [1.807, 2.05) is 6.07 Å². The Hall–Kier alpha value is -3.26. The van der Waals surface area contributed by atoms with Crippen molar-refractivity contribution >= 4 is 19.4 Å². The fourth-order valence-electron chi connectivity index (χ4n) is 4.86. The number of aliphatic hydroxyl groups is 2. The Kier molecular flexibility index (Phi) is 8.78. The molecule has 1 unspecified atom stereocenters. The molecular weight excluding hydrogens is 557 g/mol.